The standard InChI is InChI=1S/C40H45ClN8O4/c1-24-31(38-37(41)32(11-15-43-38)34-9-7-27(40(47-34)53-3)20-42-22-29-8-10-36(51)45-29)5-4-6-33(24)46-39(52)35-19-26-12-16-49(23-28(26)21-44-35)30-13-17-48(18-14-30)25(2)50/h4-7,9,11,15,19,21,29-30,42H,8,10,12-14,16-18,20,22-23H2,1-3H3,(H,45,51)(H,46,52). The average molecular weight is 737 g/mol. The first-order chi connectivity index (χ1) is 25.7. The van der Waals surface area contributed by atoms with E-state index in [1.165, 1.54) is 0 Å². The van der Waals surface area contributed by atoms with E-state index in [1.54, 1.807) is 20.2 Å². The highest BCUT2D eigenvalue weighted by Gasteiger charge is 2.29. The van der Waals surface area contributed by atoms with Gasteiger partial charge in [-0.05, 0) is 73.6 Å². The van der Waals surface area contributed by atoms with Crippen LogP contribution in [0.25, 0.3) is 22.5 Å². The Bertz CT molecular complexity index is 2030. The summed E-state index contributed by atoms with van der Waals surface area (Å²) in [5.74, 6) is 0.449. The molecule has 2 saturated heterocycles. The van der Waals surface area contributed by atoms with Crippen LogP contribution in [0.3, 0.4) is 0 Å². The lowest BCUT2D eigenvalue weighted by Crippen LogP contribution is -2.47. The van der Waals surface area contributed by atoms with Crippen LogP contribution in [0.1, 0.15) is 65.3 Å². The molecule has 7 rings (SSSR count). The van der Waals surface area contributed by atoms with Gasteiger partial charge in [0.25, 0.3) is 5.91 Å². The number of methoxy groups -OCH3 is 1. The average Bonchev–Trinajstić information content (AvgIpc) is 3.60. The summed E-state index contributed by atoms with van der Waals surface area (Å²) >= 11 is 7.05. The maximum Gasteiger partial charge on any atom is 0.274 e. The van der Waals surface area contributed by atoms with Crippen LogP contribution in [0.15, 0.2) is 54.9 Å². The quantitative estimate of drug-likeness (QED) is 0.201. The molecule has 3 N–H and O–H groups in total. The molecule has 3 aromatic heterocycles. The van der Waals surface area contributed by atoms with Crippen molar-refractivity contribution < 1.29 is 19.1 Å². The molecule has 3 amide bonds. The number of halogens is 1. The summed E-state index contributed by atoms with van der Waals surface area (Å²) in [4.78, 5) is 55.2. The summed E-state index contributed by atoms with van der Waals surface area (Å²) in [6.07, 6.45) is 7.74. The Morgan fingerprint density at radius 2 is 1.85 bits per heavy atom. The number of aromatic nitrogens is 3. The van der Waals surface area contributed by atoms with Crippen molar-refractivity contribution >= 4 is 35.0 Å². The number of nitrogens with one attached hydrogen (secondary N) is 3. The van der Waals surface area contributed by atoms with Gasteiger partial charge in [-0.25, -0.2) is 4.98 Å². The third-order valence-electron chi connectivity index (χ3n) is 10.7. The van der Waals surface area contributed by atoms with Crippen molar-refractivity contribution in [2.75, 3.05) is 38.6 Å². The summed E-state index contributed by atoms with van der Waals surface area (Å²) in [6, 6.07) is 13.9. The van der Waals surface area contributed by atoms with E-state index >= 15 is 0 Å². The Hall–Kier alpha value is -4.91. The van der Waals surface area contributed by atoms with Crippen LogP contribution in [0.4, 0.5) is 5.69 Å². The second-order valence-electron chi connectivity index (χ2n) is 14.0. The normalized spacial score (nSPS) is 17.7. The largest absolute Gasteiger partial charge is 0.481 e. The Morgan fingerprint density at radius 3 is 2.60 bits per heavy atom. The minimum Gasteiger partial charge on any atom is -0.481 e. The Balaban J connectivity index is 1.03. The number of anilines is 1. The number of fused-ring (bicyclic) bond motifs is 1. The first-order valence-electron chi connectivity index (χ1n) is 18.3. The van der Waals surface area contributed by atoms with Gasteiger partial charge < -0.3 is 25.6 Å². The number of hydrogen-bond donors (Lipinski definition) is 3. The summed E-state index contributed by atoms with van der Waals surface area (Å²) in [5, 5.41) is 9.87. The van der Waals surface area contributed by atoms with Crippen molar-refractivity contribution in [3.63, 3.8) is 0 Å². The first-order valence-corrected chi connectivity index (χ1v) is 18.6. The third kappa shape index (κ3) is 8.04. The van der Waals surface area contributed by atoms with E-state index in [0.717, 1.165) is 79.7 Å². The lowest BCUT2D eigenvalue weighted by atomic mass is 9.96. The summed E-state index contributed by atoms with van der Waals surface area (Å²) in [6.45, 7) is 8.11. The van der Waals surface area contributed by atoms with Crippen LogP contribution in [0, 0.1) is 6.92 Å². The van der Waals surface area contributed by atoms with Crippen molar-refractivity contribution in [1.29, 1.82) is 0 Å². The molecule has 3 aliphatic heterocycles. The fourth-order valence-electron chi connectivity index (χ4n) is 7.63. The van der Waals surface area contributed by atoms with Gasteiger partial charge >= 0.3 is 0 Å². The molecule has 2 fully saturated rings. The predicted molar refractivity (Wildman–Crippen MR) is 204 cm³/mol. The van der Waals surface area contributed by atoms with E-state index in [-0.39, 0.29) is 23.8 Å². The number of nitrogens with zero attached hydrogens (tertiary/aromatic N) is 5. The summed E-state index contributed by atoms with van der Waals surface area (Å²) in [5.41, 5.74) is 7.74. The van der Waals surface area contributed by atoms with Gasteiger partial charge in [0.2, 0.25) is 17.7 Å². The van der Waals surface area contributed by atoms with Crippen molar-refractivity contribution in [1.82, 2.24) is 35.4 Å². The van der Waals surface area contributed by atoms with Crippen molar-refractivity contribution in [3.8, 4) is 28.4 Å². The topological polar surface area (TPSA) is 142 Å². The van der Waals surface area contributed by atoms with Gasteiger partial charge in [-0.3, -0.25) is 29.3 Å². The number of likely N-dealkylation sites (tertiary alicyclic amines) is 1. The smallest absolute Gasteiger partial charge is 0.274 e. The number of hydrogen-bond acceptors (Lipinski definition) is 9. The maximum absolute atomic E-state index is 13.5. The zero-order chi connectivity index (χ0) is 37.1. The number of rotatable bonds is 10. The molecule has 1 atom stereocenters. The zero-order valence-electron chi connectivity index (χ0n) is 30.4. The van der Waals surface area contributed by atoms with E-state index in [0.29, 0.717) is 64.8 Å². The number of pyridine rings is 3. The molecule has 0 aliphatic carbocycles. The zero-order valence-corrected chi connectivity index (χ0v) is 31.1. The van der Waals surface area contributed by atoms with Crippen molar-refractivity contribution in [3.05, 3.63) is 87.8 Å². The van der Waals surface area contributed by atoms with Gasteiger partial charge in [0.05, 0.1) is 23.5 Å². The second kappa shape index (κ2) is 16.0. The lowest BCUT2D eigenvalue weighted by Gasteiger charge is -2.40. The van der Waals surface area contributed by atoms with Gasteiger partial charge in [0, 0.05) is 99.5 Å². The molecule has 12 nitrogen and oxygen atoms in total. The number of ether oxygens (including phenoxy) is 1. The fraction of sp³-hybridized carbons (Fsp3) is 0.400. The van der Waals surface area contributed by atoms with Gasteiger partial charge in [-0.1, -0.05) is 29.8 Å². The Kier molecular flexibility index (Phi) is 11.0. The molecular weight excluding hydrogens is 692 g/mol. The summed E-state index contributed by atoms with van der Waals surface area (Å²) in [7, 11) is 1.59. The monoisotopic (exact) mass is 736 g/mol. The number of benzene rings is 1. The minimum absolute atomic E-state index is 0.0940. The molecule has 13 heteroatoms. The summed E-state index contributed by atoms with van der Waals surface area (Å²) < 4.78 is 5.64. The molecule has 53 heavy (non-hydrogen) atoms. The molecule has 6 heterocycles. The van der Waals surface area contributed by atoms with Crippen LogP contribution in [-0.4, -0.2) is 87.8 Å². The van der Waals surface area contributed by atoms with Gasteiger partial charge in [0.15, 0.2) is 0 Å². The Morgan fingerprint density at radius 1 is 1.02 bits per heavy atom. The molecule has 0 saturated carbocycles. The molecule has 4 aromatic rings. The first kappa shape index (κ1) is 36.4. The highest BCUT2D eigenvalue weighted by atomic mass is 35.5. The third-order valence-corrected chi connectivity index (χ3v) is 11.1. The number of amides is 3. The maximum atomic E-state index is 13.5. The molecule has 3 aliphatic rings. The van der Waals surface area contributed by atoms with Crippen molar-refractivity contribution in [2.24, 2.45) is 0 Å². The van der Waals surface area contributed by atoms with E-state index < -0.39 is 0 Å². The van der Waals surface area contributed by atoms with Crippen molar-refractivity contribution in [2.45, 2.75) is 71.1 Å². The molecule has 0 radical (unpaired) electrons. The van der Waals surface area contributed by atoms with Crippen LogP contribution < -0.4 is 20.7 Å². The van der Waals surface area contributed by atoms with Gasteiger partial charge in [0.1, 0.15) is 5.69 Å². The minimum atomic E-state index is -0.279. The van der Waals surface area contributed by atoms with Gasteiger partial charge in [-0.2, -0.15) is 0 Å². The number of piperidine rings is 1. The Labute approximate surface area is 314 Å². The second-order valence-corrected chi connectivity index (χ2v) is 14.4. The van der Waals surface area contributed by atoms with E-state index in [1.807, 2.05) is 60.5 Å². The van der Waals surface area contributed by atoms with Crippen LogP contribution in [0.5, 0.6) is 5.88 Å². The molecule has 276 valence electrons. The highest BCUT2D eigenvalue weighted by molar-refractivity contribution is 6.35. The number of carbonyl (C=O) groups excluding carboxylic acids is 3. The molecule has 1 aromatic carbocycles. The predicted octanol–water partition coefficient (Wildman–Crippen LogP) is 5.17. The van der Waals surface area contributed by atoms with E-state index in [2.05, 4.69) is 30.8 Å². The fourth-order valence-corrected chi connectivity index (χ4v) is 7.94. The highest BCUT2D eigenvalue weighted by Crippen LogP contribution is 2.38. The molecular formula is C40H45ClN8O4. The SMILES string of the molecule is COc1nc(-c2ccnc(-c3cccc(NC(=O)c4cc5c(cn4)CN(C4CCN(C(C)=O)CC4)CC5)c3C)c2Cl)ccc1CNCC1CCC(=O)N1. The van der Waals surface area contributed by atoms with E-state index in [9.17, 15) is 14.4 Å². The van der Waals surface area contributed by atoms with Gasteiger partial charge in [-0.15, -0.1) is 0 Å². The molecule has 1 unspecified atom stereocenters. The van der Waals surface area contributed by atoms with Crippen LogP contribution >= 0.6 is 11.6 Å². The molecule has 0 bridgehead atoms. The van der Waals surface area contributed by atoms with E-state index in [4.69, 9.17) is 21.3 Å². The molecule has 0 spiro atoms. The lowest BCUT2D eigenvalue weighted by molar-refractivity contribution is -0.130. The number of carbonyl (C=O) groups is 3. The van der Waals surface area contributed by atoms with Crippen LogP contribution in [0.2, 0.25) is 5.02 Å². The van der Waals surface area contributed by atoms with Crippen LogP contribution in [-0.2, 0) is 29.1 Å².